The van der Waals surface area contributed by atoms with Crippen LogP contribution in [0.2, 0.25) is 0 Å². The van der Waals surface area contributed by atoms with Gasteiger partial charge < -0.3 is 10.3 Å². The Morgan fingerprint density at radius 3 is 2.62 bits per heavy atom. The molecule has 0 amide bonds. The Bertz CT molecular complexity index is 652. The van der Waals surface area contributed by atoms with Gasteiger partial charge in [-0.2, -0.15) is 0 Å². The van der Waals surface area contributed by atoms with E-state index < -0.39 is 16.1 Å². The van der Waals surface area contributed by atoms with Gasteiger partial charge in [0.15, 0.2) is 0 Å². The number of rotatable bonds is 7. The Kier molecular flexibility index (Phi) is 4.92. The Morgan fingerprint density at radius 2 is 2.10 bits per heavy atom. The molecule has 2 rings (SSSR count). The zero-order valence-corrected chi connectivity index (χ0v) is 12.8. The molecule has 7 nitrogen and oxygen atoms in total. The predicted molar refractivity (Wildman–Crippen MR) is 80.3 cm³/mol. The van der Waals surface area contributed by atoms with Gasteiger partial charge in [-0.1, -0.05) is 6.92 Å². The molecule has 3 N–H and O–H groups in total. The van der Waals surface area contributed by atoms with Crippen LogP contribution in [0.5, 0.6) is 0 Å². The van der Waals surface area contributed by atoms with Crippen molar-refractivity contribution in [3.8, 4) is 0 Å². The molecule has 114 valence electrons. The summed E-state index contributed by atoms with van der Waals surface area (Å²) in [4.78, 5) is 11.2. The first-order chi connectivity index (χ1) is 10.1. The van der Waals surface area contributed by atoms with Gasteiger partial charge in [0.05, 0.1) is 6.04 Å². The molecule has 1 atom stereocenters. The lowest BCUT2D eigenvalue weighted by atomic mass is 10.2. The molecule has 2 heterocycles. The second-order valence-electron chi connectivity index (χ2n) is 4.47. The van der Waals surface area contributed by atoms with Gasteiger partial charge in [-0.3, -0.25) is 0 Å². The van der Waals surface area contributed by atoms with Crippen molar-refractivity contribution in [2.75, 3.05) is 11.9 Å². The number of anilines is 1. The summed E-state index contributed by atoms with van der Waals surface area (Å²) >= 11 is 0. The Hall–Kier alpha value is -1.93. The summed E-state index contributed by atoms with van der Waals surface area (Å²) in [7, 11) is -3.63. The van der Waals surface area contributed by atoms with Crippen LogP contribution in [0.15, 0.2) is 35.6 Å². The third-order valence-corrected chi connectivity index (χ3v) is 4.42. The highest BCUT2D eigenvalue weighted by Gasteiger charge is 2.21. The lowest BCUT2D eigenvalue weighted by Crippen LogP contribution is -2.29. The fraction of sp³-hybridized carbons (Fsp3) is 0.385. The molecule has 0 fully saturated rings. The van der Waals surface area contributed by atoms with Crippen molar-refractivity contribution in [2.24, 2.45) is 0 Å². The van der Waals surface area contributed by atoms with Crippen LogP contribution in [0.1, 0.15) is 32.1 Å². The van der Waals surface area contributed by atoms with Gasteiger partial charge in [0.1, 0.15) is 16.5 Å². The van der Waals surface area contributed by atoms with Gasteiger partial charge in [-0.05, 0) is 25.5 Å². The molecular weight excluding hydrogens is 290 g/mol. The number of imidazole rings is 1. The molecule has 2 aromatic rings. The van der Waals surface area contributed by atoms with Crippen molar-refractivity contribution < 1.29 is 8.42 Å². The smallest absolute Gasteiger partial charge is 0.242 e. The van der Waals surface area contributed by atoms with Crippen molar-refractivity contribution in [3.63, 3.8) is 0 Å². The molecule has 0 radical (unpaired) electrons. The monoisotopic (exact) mass is 309 g/mol. The summed E-state index contributed by atoms with van der Waals surface area (Å²) in [6.07, 6.45) is 5.20. The number of nitrogens with zero attached hydrogens (tertiary/aromatic N) is 2. The number of sulfonamides is 1. The van der Waals surface area contributed by atoms with Crippen LogP contribution in [0.4, 0.5) is 5.82 Å². The van der Waals surface area contributed by atoms with E-state index in [1.54, 1.807) is 18.5 Å². The van der Waals surface area contributed by atoms with E-state index >= 15 is 0 Å². The van der Waals surface area contributed by atoms with Crippen molar-refractivity contribution in [1.82, 2.24) is 19.7 Å². The molecular formula is C13H19N5O2S. The van der Waals surface area contributed by atoms with E-state index in [4.69, 9.17) is 0 Å². The first-order valence-corrected chi connectivity index (χ1v) is 8.26. The normalized spacial score (nSPS) is 13.0. The molecule has 2 aromatic heterocycles. The Morgan fingerprint density at radius 1 is 1.29 bits per heavy atom. The Labute approximate surface area is 124 Å². The van der Waals surface area contributed by atoms with Crippen LogP contribution in [-0.4, -0.2) is 29.9 Å². The summed E-state index contributed by atoms with van der Waals surface area (Å²) in [5, 5.41) is 3.02. The maximum absolute atomic E-state index is 12.4. The van der Waals surface area contributed by atoms with Gasteiger partial charge in [-0.15, -0.1) is 0 Å². The molecule has 0 aliphatic carbocycles. The molecule has 0 saturated heterocycles. The van der Waals surface area contributed by atoms with Crippen LogP contribution in [0.25, 0.3) is 0 Å². The second-order valence-corrected chi connectivity index (χ2v) is 6.18. The van der Waals surface area contributed by atoms with E-state index in [2.05, 4.69) is 25.0 Å². The van der Waals surface area contributed by atoms with Crippen molar-refractivity contribution in [1.29, 1.82) is 0 Å². The second kappa shape index (κ2) is 6.68. The van der Waals surface area contributed by atoms with E-state index in [0.717, 1.165) is 6.54 Å². The zero-order chi connectivity index (χ0) is 15.3. The molecule has 0 saturated carbocycles. The highest BCUT2D eigenvalue weighted by Crippen LogP contribution is 2.17. The average Bonchev–Trinajstić information content (AvgIpc) is 3.00. The van der Waals surface area contributed by atoms with Crippen LogP contribution in [0, 0.1) is 0 Å². The first kappa shape index (κ1) is 15.5. The number of hydrogen-bond acceptors (Lipinski definition) is 5. The molecule has 0 bridgehead atoms. The molecule has 0 aromatic carbocycles. The van der Waals surface area contributed by atoms with E-state index in [1.165, 1.54) is 12.3 Å². The summed E-state index contributed by atoms with van der Waals surface area (Å²) in [6.45, 7) is 4.57. The minimum absolute atomic E-state index is 0.133. The number of aromatic nitrogens is 3. The fourth-order valence-electron chi connectivity index (χ4n) is 1.88. The maximum atomic E-state index is 12.4. The van der Waals surface area contributed by atoms with Gasteiger partial charge in [0.25, 0.3) is 0 Å². The van der Waals surface area contributed by atoms with Gasteiger partial charge >= 0.3 is 0 Å². The minimum Gasteiger partial charge on any atom is -0.370 e. The molecule has 1 unspecified atom stereocenters. The van der Waals surface area contributed by atoms with E-state index in [-0.39, 0.29) is 4.90 Å². The average molecular weight is 309 g/mol. The maximum Gasteiger partial charge on any atom is 0.242 e. The zero-order valence-electron chi connectivity index (χ0n) is 12.0. The topological polar surface area (TPSA) is 99.8 Å². The fourth-order valence-corrected chi connectivity index (χ4v) is 3.11. The van der Waals surface area contributed by atoms with Crippen LogP contribution < -0.4 is 10.0 Å². The van der Waals surface area contributed by atoms with Gasteiger partial charge in [0, 0.05) is 25.1 Å². The summed E-state index contributed by atoms with van der Waals surface area (Å²) in [5.74, 6) is 1.24. The third kappa shape index (κ3) is 3.79. The predicted octanol–water partition coefficient (Wildman–Crippen LogP) is 1.67. The number of pyridine rings is 1. The summed E-state index contributed by atoms with van der Waals surface area (Å²) in [5.41, 5.74) is 0. The van der Waals surface area contributed by atoms with Crippen molar-refractivity contribution >= 4 is 15.8 Å². The van der Waals surface area contributed by atoms with Crippen molar-refractivity contribution in [3.05, 3.63) is 36.5 Å². The number of aromatic amines is 1. The van der Waals surface area contributed by atoms with Crippen LogP contribution >= 0.6 is 0 Å². The largest absolute Gasteiger partial charge is 0.370 e. The summed E-state index contributed by atoms with van der Waals surface area (Å²) in [6, 6.07) is 2.78. The third-order valence-electron chi connectivity index (χ3n) is 2.96. The molecule has 0 aliphatic rings. The van der Waals surface area contributed by atoms with Crippen LogP contribution in [0.3, 0.4) is 0 Å². The summed E-state index contributed by atoms with van der Waals surface area (Å²) < 4.78 is 27.3. The quantitative estimate of drug-likeness (QED) is 0.722. The highest BCUT2D eigenvalue weighted by molar-refractivity contribution is 7.89. The van der Waals surface area contributed by atoms with Gasteiger partial charge in [0.2, 0.25) is 10.0 Å². The van der Waals surface area contributed by atoms with E-state index in [1.807, 2.05) is 13.8 Å². The lowest BCUT2D eigenvalue weighted by molar-refractivity contribution is 0.539. The standard InChI is InChI=1S/C13H19N5O2S/c1-3-11(13-15-7-8-16-13)18-21(19,20)10-5-6-12(14-4-2)17-9-10/h5-9,11,18H,3-4H2,1-2H3,(H,14,17)(H,15,16). The van der Waals surface area contributed by atoms with Gasteiger partial charge in [-0.25, -0.2) is 23.1 Å². The molecule has 8 heteroatoms. The SMILES string of the molecule is CCNc1ccc(S(=O)(=O)NC(CC)c2ncc[nH]2)cn1. The molecule has 0 spiro atoms. The number of H-pyrrole nitrogens is 1. The molecule has 21 heavy (non-hydrogen) atoms. The molecule has 0 aliphatic heterocycles. The number of nitrogens with one attached hydrogen (secondary N) is 3. The minimum atomic E-state index is -3.63. The first-order valence-electron chi connectivity index (χ1n) is 6.78. The lowest BCUT2D eigenvalue weighted by Gasteiger charge is -2.15. The van der Waals surface area contributed by atoms with Crippen LogP contribution in [-0.2, 0) is 10.0 Å². The highest BCUT2D eigenvalue weighted by atomic mass is 32.2. The van der Waals surface area contributed by atoms with Crippen molar-refractivity contribution in [2.45, 2.75) is 31.2 Å². The van der Waals surface area contributed by atoms with E-state index in [9.17, 15) is 8.42 Å². The van der Waals surface area contributed by atoms with E-state index in [0.29, 0.717) is 18.1 Å². The Balaban J connectivity index is 2.17. The number of hydrogen-bond donors (Lipinski definition) is 3.